The lowest BCUT2D eigenvalue weighted by Gasteiger charge is -2.27. The lowest BCUT2D eigenvalue weighted by molar-refractivity contribution is -0.135. The summed E-state index contributed by atoms with van der Waals surface area (Å²) in [6.07, 6.45) is 6.69. The molecule has 2 atom stereocenters. The van der Waals surface area contributed by atoms with Crippen LogP contribution in [0.25, 0.3) is 6.08 Å². The van der Waals surface area contributed by atoms with Gasteiger partial charge in [0.1, 0.15) is 28.6 Å². The SMILES string of the molecule is COc1ccc([C@@H]2CC(=O)Oc3cc4c(c(O)c32)C(=O)O[C@@H](C)CCCC(=O)CCCC=C4)cc1. The zero-order valence-electron chi connectivity index (χ0n) is 20.0. The van der Waals surface area contributed by atoms with Crippen LogP contribution in [0, 0.1) is 0 Å². The second-order valence-corrected chi connectivity index (χ2v) is 9.05. The number of fused-ring (bicyclic) bond motifs is 2. The number of carbonyl (C=O) groups excluding carboxylic acids is 3. The minimum atomic E-state index is -0.647. The van der Waals surface area contributed by atoms with Crippen molar-refractivity contribution in [3.05, 3.63) is 58.7 Å². The molecule has 0 bridgehead atoms. The number of hydrogen-bond acceptors (Lipinski definition) is 7. The maximum Gasteiger partial charge on any atom is 0.342 e. The number of phenolic OH excluding ortho intramolecular Hbond substituents is 1. The molecule has 0 aromatic heterocycles. The second-order valence-electron chi connectivity index (χ2n) is 9.05. The van der Waals surface area contributed by atoms with Gasteiger partial charge in [-0.25, -0.2) is 4.79 Å². The number of aromatic hydroxyl groups is 1. The van der Waals surface area contributed by atoms with Crippen molar-refractivity contribution in [2.45, 2.75) is 63.9 Å². The van der Waals surface area contributed by atoms with Crippen LogP contribution in [0.15, 0.2) is 36.4 Å². The van der Waals surface area contributed by atoms with Gasteiger partial charge < -0.3 is 19.3 Å². The topological polar surface area (TPSA) is 99.1 Å². The van der Waals surface area contributed by atoms with Crippen LogP contribution in [0.3, 0.4) is 0 Å². The zero-order valence-corrected chi connectivity index (χ0v) is 20.0. The number of phenols is 1. The van der Waals surface area contributed by atoms with Gasteiger partial charge in [0.25, 0.3) is 0 Å². The quantitative estimate of drug-likeness (QED) is 0.460. The molecule has 2 aliphatic heterocycles. The Hall–Kier alpha value is -3.61. The highest BCUT2D eigenvalue weighted by atomic mass is 16.5. The van der Waals surface area contributed by atoms with Gasteiger partial charge in [0.15, 0.2) is 0 Å². The summed E-state index contributed by atoms with van der Waals surface area (Å²) < 4.78 is 16.4. The Balaban J connectivity index is 1.79. The third-order valence-electron chi connectivity index (χ3n) is 6.50. The number of ketones is 1. The first-order chi connectivity index (χ1) is 16.9. The van der Waals surface area contributed by atoms with Gasteiger partial charge >= 0.3 is 11.9 Å². The summed E-state index contributed by atoms with van der Waals surface area (Å²) >= 11 is 0. The molecule has 0 fully saturated rings. The fourth-order valence-corrected chi connectivity index (χ4v) is 4.64. The summed E-state index contributed by atoms with van der Waals surface area (Å²) in [6.45, 7) is 1.78. The van der Waals surface area contributed by atoms with Crippen LogP contribution in [-0.2, 0) is 14.3 Å². The van der Waals surface area contributed by atoms with Gasteiger partial charge in [-0.1, -0.05) is 24.3 Å². The molecule has 1 N–H and O–H groups in total. The summed E-state index contributed by atoms with van der Waals surface area (Å²) in [5.74, 6) is -0.697. The average Bonchev–Trinajstić information content (AvgIpc) is 2.82. The van der Waals surface area contributed by atoms with Crippen molar-refractivity contribution in [2.24, 2.45) is 0 Å². The molecule has 0 unspecified atom stereocenters. The standard InChI is InChI=1S/C28H30O7/c1-17-7-6-10-20(29)9-5-3-4-8-19-15-23-26(27(31)25(19)28(32)34-17)22(16-24(30)35-23)18-11-13-21(33-2)14-12-18/h4,8,11-15,17,22,31H,3,5-7,9-10,16H2,1-2H3/t17-,22-/m0/s1. The Morgan fingerprint density at radius 1 is 1.06 bits per heavy atom. The zero-order chi connectivity index (χ0) is 24.9. The molecule has 7 nitrogen and oxygen atoms in total. The number of hydrogen-bond donors (Lipinski definition) is 1. The van der Waals surface area contributed by atoms with Crippen LogP contribution < -0.4 is 9.47 Å². The number of cyclic esters (lactones) is 1. The molecule has 2 aliphatic rings. The van der Waals surface area contributed by atoms with Gasteiger partial charge in [0.05, 0.1) is 19.6 Å². The molecule has 7 heteroatoms. The van der Waals surface area contributed by atoms with E-state index in [1.165, 1.54) is 0 Å². The fraction of sp³-hybridized carbons (Fsp3) is 0.393. The van der Waals surface area contributed by atoms with Gasteiger partial charge in [-0.05, 0) is 61.9 Å². The molecule has 4 rings (SSSR count). The lowest BCUT2D eigenvalue weighted by Crippen LogP contribution is -2.23. The number of Topliss-reactive ketones (excluding diaryl/α,β-unsaturated/α-hetero) is 1. The van der Waals surface area contributed by atoms with Crippen molar-refractivity contribution in [3.63, 3.8) is 0 Å². The maximum absolute atomic E-state index is 13.2. The Kier molecular flexibility index (Phi) is 7.54. The van der Waals surface area contributed by atoms with Crippen molar-refractivity contribution in [3.8, 4) is 17.2 Å². The molecule has 35 heavy (non-hydrogen) atoms. The van der Waals surface area contributed by atoms with Gasteiger partial charge in [0, 0.05) is 24.3 Å². The van der Waals surface area contributed by atoms with E-state index in [1.54, 1.807) is 38.3 Å². The van der Waals surface area contributed by atoms with Crippen molar-refractivity contribution in [2.75, 3.05) is 7.11 Å². The number of carbonyl (C=O) groups is 3. The molecule has 0 aliphatic carbocycles. The normalized spacial score (nSPS) is 21.3. The van der Waals surface area contributed by atoms with E-state index in [2.05, 4.69) is 0 Å². The highest BCUT2D eigenvalue weighted by Gasteiger charge is 2.35. The number of esters is 2. The molecule has 2 heterocycles. The highest BCUT2D eigenvalue weighted by Crippen LogP contribution is 2.47. The van der Waals surface area contributed by atoms with E-state index >= 15 is 0 Å². The van der Waals surface area contributed by atoms with E-state index in [4.69, 9.17) is 14.2 Å². The van der Waals surface area contributed by atoms with Crippen LogP contribution in [0.5, 0.6) is 17.2 Å². The minimum Gasteiger partial charge on any atom is -0.507 e. The van der Waals surface area contributed by atoms with E-state index in [-0.39, 0.29) is 29.3 Å². The van der Waals surface area contributed by atoms with E-state index in [0.717, 1.165) is 5.56 Å². The minimum absolute atomic E-state index is 0.0288. The Morgan fingerprint density at radius 2 is 1.80 bits per heavy atom. The third-order valence-corrected chi connectivity index (χ3v) is 6.50. The molecular weight excluding hydrogens is 448 g/mol. The first kappa shape index (κ1) is 24.5. The summed E-state index contributed by atoms with van der Waals surface area (Å²) in [7, 11) is 1.57. The van der Waals surface area contributed by atoms with Gasteiger partial charge in [-0.3, -0.25) is 9.59 Å². The van der Waals surface area contributed by atoms with Gasteiger partial charge in [-0.15, -0.1) is 0 Å². The highest BCUT2D eigenvalue weighted by molar-refractivity contribution is 5.98. The Bertz CT molecular complexity index is 1150. The first-order valence-corrected chi connectivity index (χ1v) is 12.0. The van der Waals surface area contributed by atoms with Crippen molar-refractivity contribution in [1.82, 2.24) is 0 Å². The summed E-state index contributed by atoms with van der Waals surface area (Å²) in [6, 6.07) is 8.85. The maximum atomic E-state index is 13.2. The Morgan fingerprint density at radius 3 is 2.54 bits per heavy atom. The number of rotatable bonds is 2. The molecule has 2 aromatic carbocycles. The number of ether oxygens (including phenoxy) is 3. The molecule has 0 saturated heterocycles. The Labute approximate surface area is 204 Å². The van der Waals surface area contributed by atoms with Crippen molar-refractivity contribution >= 4 is 23.8 Å². The third kappa shape index (κ3) is 5.56. The molecule has 2 aromatic rings. The van der Waals surface area contributed by atoms with Crippen LogP contribution in [-0.4, -0.2) is 36.0 Å². The van der Waals surface area contributed by atoms with Gasteiger partial charge in [-0.2, -0.15) is 0 Å². The molecular formula is C28H30O7. The monoisotopic (exact) mass is 478 g/mol. The lowest BCUT2D eigenvalue weighted by atomic mass is 9.83. The van der Waals surface area contributed by atoms with E-state index < -0.39 is 24.0 Å². The molecule has 184 valence electrons. The van der Waals surface area contributed by atoms with Crippen molar-refractivity contribution < 1.29 is 33.7 Å². The van der Waals surface area contributed by atoms with E-state index in [9.17, 15) is 19.5 Å². The fourth-order valence-electron chi connectivity index (χ4n) is 4.64. The predicted octanol–water partition coefficient (Wildman–Crippen LogP) is 5.32. The summed E-state index contributed by atoms with van der Waals surface area (Å²) in [4.78, 5) is 37.7. The molecule has 0 spiro atoms. The summed E-state index contributed by atoms with van der Waals surface area (Å²) in [5, 5.41) is 11.4. The molecule has 0 radical (unpaired) electrons. The van der Waals surface area contributed by atoms with Crippen LogP contribution in [0.1, 0.15) is 84.8 Å². The van der Waals surface area contributed by atoms with Crippen LogP contribution in [0.2, 0.25) is 0 Å². The number of methoxy groups -OCH3 is 1. The largest absolute Gasteiger partial charge is 0.507 e. The first-order valence-electron chi connectivity index (χ1n) is 12.0. The van der Waals surface area contributed by atoms with Crippen molar-refractivity contribution in [1.29, 1.82) is 0 Å². The smallest absolute Gasteiger partial charge is 0.342 e. The average molecular weight is 479 g/mol. The summed E-state index contributed by atoms with van der Waals surface area (Å²) in [5.41, 5.74) is 1.64. The number of benzene rings is 2. The van der Waals surface area contributed by atoms with E-state index in [0.29, 0.717) is 55.4 Å². The van der Waals surface area contributed by atoms with Crippen LogP contribution >= 0.6 is 0 Å². The second kappa shape index (κ2) is 10.8. The molecule has 0 amide bonds. The van der Waals surface area contributed by atoms with Gasteiger partial charge in [0.2, 0.25) is 0 Å². The van der Waals surface area contributed by atoms with E-state index in [1.807, 2.05) is 18.2 Å². The number of allylic oxidation sites excluding steroid dienone is 1. The predicted molar refractivity (Wildman–Crippen MR) is 130 cm³/mol. The van der Waals surface area contributed by atoms with Crippen LogP contribution in [0.4, 0.5) is 0 Å². The molecule has 0 saturated carbocycles.